The fraction of sp³-hybridized carbons (Fsp3) is 0.600. The predicted octanol–water partition coefficient (Wildman–Crippen LogP) is 4.14. The van der Waals surface area contributed by atoms with E-state index in [1.807, 2.05) is 0 Å². The molecule has 0 spiro atoms. The van der Waals surface area contributed by atoms with Crippen LogP contribution in [0.5, 0.6) is 0 Å². The van der Waals surface area contributed by atoms with Gasteiger partial charge >= 0.3 is 0 Å². The minimum atomic E-state index is 0.521. The number of aryl methyl sites for hydroxylation is 2. The second-order valence-electron chi connectivity index (χ2n) is 4.64. The van der Waals surface area contributed by atoms with Gasteiger partial charge in [-0.2, -0.15) is 0 Å². The fourth-order valence-corrected chi connectivity index (χ4v) is 2.41. The molecule has 1 unspecified atom stereocenters. The summed E-state index contributed by atoms with van der Waals surface area (Å²) in [6, 6.07) is 7.10. The number of unbranched alkanes of at least 4 members (excludes halogenated alkanes) is 2. The molecule has 1 aromatic rings. The van der Waals surface area contributed by atoms with E-state index in [2.05, 4.69) is 51.3 Å². The number of hydrogen-bond donors (Lipinski definition) is 1. The zero-order valence-electron chi connectivity index (χ0n) is 11.1. The number of nitrogens with one attached hydrogen (secondary N) is 1. The Balaban J connectivity index is 2.78. The van der Waals surface area contributed by atoms with Gasteiger partial charge in [0.15, 0.2) is 0 Å². The molecule has 1 heteroatoms. The molecular formula is C15H25N. The third-order valence-corrected chi connectivity index (χ3v) is 3.34. The van der Waals surface area contributed by atoms with E-state index in [-0.39, 0.29) is 0 Å². The molecule has 16 heavy (non-hydrogen) atoms. The van der Waals surface area contributed by atoms with Crippen LogP contribution in [0.25, 0.3) is 0 Å². The Hall–Kier alpha value is -0.820. The largest absolute Gasteiger partial charge is 0.313 e. The summed E-state index contributed by atoms with van der Waals surface area (Å²) in [6.45, 7) is 6.69. The summed E-state index contributed by atoms with van der Waals surface area (Å²) in [5.41, 5.74) is 4.33. The van der Waals surface area contributed by atoms with E-state index >= 15 is 0 Å². The van der Waals surface area contributed by atoms with Crippen LogP contribution in [0.15, 0.2) is 18.2 Å². The summed E-state index contributed by atoms with van der Waals surface area (Å²) in [6.07, 6.45) is 5.19. The molecule has 1 aromatic carbocycles. The third-order valence-electron chi connectivity index (χ3n) is 3.34. The first-order valence-electron chi connectivity index (χ1n) is 6.44. The Kier molecular flexibility index (Phi) is 5.54. The predicted molar refractivity (Wildman–Crippen MR) is 71.9 cm³/mol. The van der Waals surface area contributed by atoms with Gasteiger partial charge in [0.2, 0.25) is 0 Å². The summed E-state index contributed by atoms with van der Waals surface area (Å²) < 4.78 is 0. The number of hydrogen-bond acceptors (Lipinski definition) is 1. The lowest BCUT2D eigenvalue weighted by atomic mass is 9.93. The molecule has 0 aliphatic heterocycles. The minimum absolute atomic E-state index is 0.521. The van der Waals surface area contributed by atoms with Crippen LogP contribution in [0.1, 0.15) is 55.3 Å². The highest BCUT2D eigenvalue weighted by atomic mass is 14.9. The molecule has 0 fully saturated rings. The molecule has 1 rings (SSSR count). The first-order chi connectivity index (χ1) is 7.70. The zero-order valence-corrected chi connectivity index (χ0v) is 11.1. The molecule has 1 atom stereocenters. The van der Waals surface area contributed by atoms with Gasteiger partial charge < -0.3 is 5.32 Å². The van der Waals surface area contributed by atoms with E-state index in [9.17, 15) is 0 Å². The standard InChI is InChI=1S/C15H25N/c1-5-6-7-11-14(16-4)15-12(2)9-8-10-13(15)3/h8-10,14,16H,5-7,11H2,1-4H3. The molecule has 0 saturated heterocycles. The normalized spacial score (nSPS) is 12.8. The molecule has 0 bridgehead atoms. The lowest BCUT2D eigenvalue weighted by Gasteiger charge is -2.21. The third kappa shape index (κ3) is 3.34. The van der Waals surface area contributed by atoms with Gasteiger partial charge in [0.25, 0.3) is 0 Å². The van der Waals surface area contributed by atoms with E-state index in [1.54, 1.807) is 0 Å². The molecule has 0 heterocycles. The summed E-state index contributed by atoms with van der Waals surface area (Å²) in [5.74, 6) is 0. The van der Waals surface area contributed by atoms with Crippen LogP contribution in [0.2, 0.25) is 0 Å². The van der Waals surface area contributed by atoms with Crippen molar-refractivity contribution in [3.63, 3.8) is 0 Å². The second kappa shape index (κ2) is 6.70. The van der Waals surface area contributed by atoms with Crippen LogP contribution in [-0.4, -0.2) is 7.05 Å². The maximum absolute atomic E-state index is 3.46. The van der Waals surface area contributed by atoms with E-state index in [1.165, 1.54) is 42.4 Å². The van der Waals surface area contributed by atoms with Crippen LogP contribution < -0.4 is 5.32 Å². The highest BCUT2D eigenvalue weighted by Crippen LogP contribution is 2.25. The second-order valence-corrected chi connectivity index (χ2v) is 4.64. The monoisotopic (exact) mass is 219 g/mol. The van der Waals surface area contributed by atoms with Gasteiger partial charge in [0.05, 0.1) is 0 Å². The van der Waals surface area contributed by atoms with Crippen molar-refractivity contribution < 1.29 is 0 Å². The molecule has 0 amide bonds. The summed E-state index contributed by atoms with van der Waals surface area (Å²) in [4.78, 5) is 0. The summed E-state index contributed by atoms with van der Waals surface area (Å²) in [7, 11) is 2.07. The molecule has 0 aliphatic carbocycles. The molecular weight excluding hydrogens is 194 g/mol. The first-order valence-corrected chi connectivity index (χ1v) is 6.44. The SMILES string of the molecule is CCCCCC(NC)c1c(C)cccc1C. The Morgan fingerprint density at radius 3 is 2.25 bits per heavy atom. The summed E-state index contributed by atoms with van der Waals surface area (Å²) in [5, 5.41) is 3.46. The van der Waals surface area contributed by atoms with Crippen molar-refractivity contribution in [3.05, 3.63) is 34.9 Å². The molecule has 1 nitrogen and oxygen atoms in total. The Labute approximate surface area is 100 Å². The van der Waals surface area contributed by atoms with Gasteiger partial charge in [0.1, 0.15) is 0 Å². The van der Waals surface area contributed by atoms with Crippen molar-refractivity contribution in [2.75, 3.05) is 7.05 Å². The van der Waals surface area contributed by atoms with E-state index in [4.69, 9.17) is 0 Å². The smallest absolute Gasteiger partial charge is 0.0322 e. The number of benzene rings is 1. The van der Waals surface area contributed by atoms with Gasteiger partial charge in [0, 0.05) is 6.04 Å². The zero-order chi connectivity index (χ0) is 12.0. The molecule has 0 aliphatic rings. The Bertz CT molecular complexity index is 297. The first kappa shape index (κ1) is 13.2. The van der Waals surface area contributed by atoms with Crippen molar-refractivity contribution in [1.29, 1.82) is 0 Å². The Morgan fingerprint density at radius 1 is 1.12 bits per heavy atom. The van der Waals surface area contributed by atoms with Gasteiger partial charge in [-0.3, -0.25) is 0 Å². The van der Waals surface area contributed by atoms with Crippen molar-refractivity contribution in [2.24, 2.45) is 0 Å². The average molecular weight is 219 g/mol. The van der Waals surface area contributed by atoms with Gasteiger partial charge in [-0.05, 0) is 44.0 Å². The molecule has 0 aromatic heterocycles. The Morgan fingerprint density at radius 2 is 1.75 bits per heavy atom. The summed E-state index contributed by atoms with van der Waals surface area (Å²) >= 11 is 0. The highest BCUT2D eigenvalue weighted by Gasteiger charge is 2.13. The molecule has 0 radical (unpaired) electrons. The lowest BCUT2D eigenvalue weighted by Crippen LogP contribution is -2.18. The molecule has 0 saturated carbocycles. The van der Waals surface area contributed by atoms with E-state index < -0.39 is 0 Å². The maximum Gasteiger partial charge on any atom is 0.0322 e. The van der Waals surface area contributed by atoms with Crippen molar-refractivity contribution in [3.8, 4) is 0 Å². The number of rotatable bonds is 6. The van der Waals surface area contributed by atoms with Crippen LogP contribution in [0, 0.1) is 13.8 Å². The van der Waals surface area contributed by atoms with Crippen LogP contribution in [-0.2, 0) is 0 Å². The van der Waals surface area contributed by atoms with Crippen molar-refractivity contribution in [2.45, 2.75) is 52.5 Å². The lowest BCUT2D eigenvalue weighted by molar-refractivity contribution is 0.508. The molecule has 1 N–H and O–H groups in total. The molecule has 90 valence electrons. The topological polar surface area (TPSA) is 12.0 Å². The van der Waals surface area contributed by atoms with E-state index in [0.29, 0.717) is 6.04 Å². The van der Waals surface area contributed by atoms with Gasteiger partial charge in [-0.15, -0.1) is 0 Å². The highest BCUT2D eigenvalue weighted by molar-refractivity contribution is 5.36. The van der Waals surface area contributed by atoms with Gasteiger partial charge in [-0.25, -0.2) is 0 Å². The van der Waals surface area contributed by atoms with Gasteiger partial charge in [-0.1, -0.05) is 44.4 Å². The van der Waals surface area contributed by atoms with Crippen LogP contribution in [0.4, 0.5) is 0 Å². The minimum Gasteiger partial charge on any atom is -0.313 e. The van der Waals surface area contributed by atoms with E-state index in [0.717, 1.165) is 0 Å². The fourth-order valence-electron chi connectivity index (χ4n) is 2.41. The van der Waals surface area contributed by atoms with Crippen molar-refractivity contribution >= 4 is 0 Å². The van der Waals surface area contributed by atoms with Crippen LogP contribution in [0.3, 0.4) is 0 Å². The maximum atomic E-state index is 3.46. The van der Waals surface area contributed by atoms with Crippen LogP contribution >= 0.6 is 0 Å². The quantitative estimate of drug-likeness (QED) is 0.709. The van der Waals surface area contributed by atoms with Crippen molar-refractivity contribution in [1.82, 2.24) is 5.32 Å². The average Bonchev–Trinajstić information content (AvgIpc) is 2.26.